The van der Waals surface area contributed by atoms with Gasteiger partial charge in [-0.1, -0.05) is 52.8 Å². The maximum Gasteiger partial charge on any atom is 0.273 e. The number of anilines is 1. The SMILES string of the molecule is Cc1ccc(C(=O)Nc2cc(C(C)(C)C)cc(C#N)c2S(C)=O)cc1-n1cc(C(=O)NCC(C)(C)C)nn1. The van der Waals surface area contributed by atoms with E-state index < -0.39 is 16.7 Å². The van der Waals surface area contributed by atoms with Gasteiger partial charge in [0.1, 0.15) is 6.07 Å². The molecule has 2 amide bonds. The Hall–Kier alpha value is -3.84. The standard InChI is InChI=1S/C28H34N6O3S/c1-17-9-10-18(12-23(17)34-15-22(32-33-34)26(36)30-16-27(2,3)4)25(35)31-21-13-20(28(5,6)7)11-19(14-29)24(21)38(8)37/h9-13,15H,16H2,1-8H3,(H,30,36)(H,31,35). The Bertz CT molecular complexity index is 1450. The van der Waals surface area contributed by atoms with Crippen LogP contribution in [0.5, 0.6) is 0 Å². The first kappa shape index (κ1) is 28.7. The predicted octanol–water partition coefficient (Wildman–Crippen LogP) is 4.51. The molecule has 0 aliphatic heterocycles. The average molecular weight is 535 g/mol. The van der Waals surface area contributed by atoms with Gasteiger partial charge >= 0.3 is 0 Å². The van der Waals surface area contributed by atoms with E-state index in [1.165, 1.54) is 17.1 Å². The third-order valence-electron chi connectivity index (χ3n) is 5.83. The minimum atomic E-state index is -1.50. The highest BCUT2D eigenvalue weighted by molar-refractivity contribution is 7.84. The fourth-order valence-electron chi connectivity index (χ4n) is 3.66. The third kappa shape index (κ3) is 6.72. The topological polar surface area (TPSA) is 130 Å². The van der Waals surface area contributed by atoms with E-state index in [2.05, 4.69) is 27.0 Å². The van der Waals surface area contributed by atoms with Crippen molar-refractivity contribution >= 4 is 28.3 Å². The zero-order valence-electron chi connectivity index (χ0n) is 23.1. The van der Waals surface area contributed by atoms with Crippen molar-refractivity contribution in [2.75, 3.05) is 18.1 Å². The molecule has 0 aliphatic carbocycles. The fraction of sp³-hybridized carbons (Fsp3) is 0.393. The van der Waals surface area contributed by atoms with E-state index in [1.807, 2.05) is 48.5 Å². The Kier molecular flexibility index (Phi) is 8.22. The van der Waals surface area contributed by atoms with E-state index in [-0.39, 0.29) is 32.9 Å². The number of hydrogen-bond acceptors (Lipinski definition) is 6. The first-order chi connectivity index (χ1) is 17.6. The van der Waals surface area contributed by atoms with Crippen LogP contribution in [0.3, 0.4) is 0 Å². The number of nitrogens with one attached hydrogen (secondary N) is 2. The molecule has 0 aliphatic rings. The summed E-state index contributed by atoms with van der Waals surface area (Å²) in [5, 5.41) is 23.5. The van der Waals surface area contributed by atoms with Gasteiger partial charge in [-0.2, -0.15) is 5.26 Å². The van der Waals surface area contributed by atoms with Gasteiger partial charge in [-0.25, -0.2) is 4.68 Å². The summed E-state index contributed by atoms with van der Waals surface area (Å²) in [5.74, 6) is -0.763. The fourth-order valence-corrected chi connectivity index (χ4v) is 4.49. The van der Waals surface area contributed by atoms with Crippen molar-refractivity contribution in [2.45, 2.75) is 58.8 Å². The molecule has 0 bridgehead atoms. The number of carbonyl (C=O) groups is 2. The minimum Gasteiger partial charge on any atom is -0.350 e. The second-order valence-corrected chi connectivity index (χ2v) is 12.8. The van der Waals surface area contributed by atoms with E-state index in [0.717, 1.165) is 11.1 Å². The lowest BCUT2D eigenvalue weighted by Crippen LogP contribution is -2.32. The van der Waals surface area contributed by atoms with Crippen LogP contribution in [0.1, 0.15) is 79.1 Å². The van der Waals surface area contributed by atoms with Crippen LogP contribution in [0.2, 0.25) is 0 Å². The molecule has 3 rings (SSSR count). The number of hydrogen-bond donors (Lipinski definition) is 2. The van der Waals surface area contributed by atoms with Crippen LogP contribution in [0, 0.1) is 23.7 Å². The first-order valence-electron chi connectivity index (χ1n) is 12.2. The molecule has 0 fully saturated rings. The van der Waals surface area contributed by atoms with Gasteiger partial charge in [0.15, 0.2) is 5.69 Å². The summed E-state index contributed by atoms with van der Waals surface area (Å²) in [6.45, 7) is 14.4. The van der Waals surface area contributed by atoms with Crippen molar-refractivity contribution in [1.29, 1.82) is 5.26 Å². The molecule has 0 spiro atoms. The predicted molar refractivity (Wildman–Crippen MR) is 148 cm³/mol. The normalized spacial score (nSPS) is 12.5. The van der Waals surface area contributed by atoms with Gasteiger partial charge in [-0.05, 0) is 53.1 Å². The monoisotopic (exact) mass is 534 g/mol. The molecule has 0 saturated heterocycles. The van der Waals surface area contributed by atoms with Crippen LogP contribution in [0.25, 0.3) is 5.69 Å². The van der Waals surface area contributed by atoms with Crippen molar-refractivity contribution in [3.63, 3.8) is 0 Å². The number of aryl methyl sites for hydroxylation is 1. The molecule has 38 heavy (non-hydrogen) atoms. The smallest absolute Gasteiger partial charge is 0.273 e. The Morgan fingerprint density at radius 3 is 2.34 bits per heavy atom. The summed E-state index contributed by atoms with van der Waals surface area (Å²) < 4.78 is 14.0. The lowest BCUT2D eigenvalue weighted by atomic mass is 9.86. The number of benzene rings is 2. The quantitative estimate of drug-likeness (QED) is 0.479. The van der Waals surface area contributed by atoms with Gasteiger partial charge in [-0.3, -0.25) is 13.8 Å². The number of nitrogens with zero attached hydrogens (tertiary/aromatic N) is 4. The van der Waals surface area contributed by atoms with Gasteiger partial charge in [0.25, 0.3) is 11.8 Å². The van der Waals surface area contributed by atoms with Crippen LogP contribution in [-0.2, 0) is 16.2 Å². The zero-order valence-corrected chi connectivity index (χ0v) is 23.9. The maximum atomic E-state index is 13.3. The lowest BCUT2D eigenvalue weighted by Gasteiger charge is -2.22. The van der Waals surface area contributed by atoms with Crippen LogP contribution in [0.15, 0.2) is 41.4 Å². The van der Waals surface area contributed by atoms with Crippen molar-refractivity contribution in [3.05, 3.63) is 64.5 Å². The molecule has 1 atom stereocenters. The van der Waals surface area contributed by atoms with Crippen LogP contribution in [0.4, 0.5) is 5.69 Å². The molecule has 3 aromatic rings. The molecule has 1 heterocycles. The lowest BCUT2D eigenvalue weighted by molar-refractivity contribution is 0.0933. The summed E-state index contributed by atoms with van der Waals surface area (Å²) in [7, 11) is -1.50. The van der Waals surface area contributed by atoms with Crippen molar-refractivity contribution in [3.8, 4) is 11.8 Å². The van der Waals surface area contributed by atoms with Crippen molar-refractivity contribution in [2.24, 2.45) is 5.41 Å². The van der Waals surface area contributed by atoms with E-state index >= 15 is 0 Å². The Labute approximate surface area is 226 Å². The summed E-state index contributed by atoms with van der Waals surface area (Å²) in [6, 6.07) is 10.7. The van der Waals surface area contributed by atoms with E-state index in [9.17, 15) is 19.1 Å². The zero-order chi connectivity index (χ0) is 28.4. The first-order valence-corrected chi connectivity index (χ1v) is 13.7. The molecule has 0 radical (unpaired) electrons. The Balaban J connectivity index is 1.94. The average Bonchev–Trinajstić information content (AvgIpc) is 3.31. The number of aromatic nitrogens is 3. The third-order valence-corrected chi connectivity index (χ3v) is 6.85. The number of nitriles is 1. The number of amides is 2. The molecule has 200 valence electrons. The summed E-state index contributed by atoms with van der Waals surface area (Å²) in [5.41, 5.74) is 2.97. The molecular weight excluding hydrogens is 500 g/mol. The van der Waals surface area contributed by atoms with Gasteiger partial charge in [-0.15, -0.1) is 5.10 Å². The van der Waals surface area contributed by atoms with Gasteiger partial charge < -0.3 is 10.6 Å². The molecule has 2 N–H and O–H groups in total. The van der Waals surface area contributed by atoms with E-state index in [4.69, 9.17) is 0 Å². The largest absolute Gasteiger partial charge is 0.350 e. The molecule has 2 aromatic carbocycles. The van der Waals surface area contributed by atoms with Crippen molar-refractivity contribution in [1.82, 2.24) is 20.3 Å². The van der Waals surface area contributed by atoms with Gasteiger partial charge in [0, 0.05) is 18.4 Å². The highest BCUT2D eigenvalue weighted by Gasteiger charge is 2.23. The summed E-state index contributed by atoms with van der Waals surface area (Å²) >= 11 is 0. The van der Waals surface area contributed by atoms with Crippen LogP contribution >= 0.6 is 0 Å². The summed E-state index contributed by atoms with van der Waals surface area (Å²) in [4.78, 5) is 26.1. The second kappa shape index (κ2) is 10.9. The van der Waals surface area contributed by atoms with Gasteiger partial charge in [0.05, 0.1) is 38.8 Å². The number of rotatable bonds is 6. The second-order valence-electron chi connectivity index (χ2n) is 11.5. The highest BCUT2D eigenvalue weighted by Crippen LogP contribution is 2.32. The molecule has 1 aromatic heterocycles. The molecular formula is C28H34N6O3S. The minimum absolute atomic E-state index is 0.0748. The van der Waals surface area contributed by atoms with Crippen LogP contribution < -0.4 is 10.6 Å². The molecule has 0 saturated carbocycles. The van der Waals surface area contributed by atoms with Crippen molar-refractivity contribution < 1.29 is 13.8 Å². The van der Waals surface area contributed by atoms with Crippen LogP contribution in [-0.4, -0.2) is 43.8 Å². The summed E-state index contributed by atoms with van der Waals surface area (Å²) in [6.07, 6.45) is 3.00. The molecule has 1 unspecified atom stereocenters. The Morgan fingerprint density at radius 1 is 1.08 bits per heavy atom. The number of carbonyl (C=O) groups excluding carboxylic acids is 2. The maximum absolute atomic E-state index is 13.3. The Morgan fingerprint density at radius 2 is 1.76 bits per heavy atom. The highest BCUT2D eigenvalue weighted by atomic mass is 32.2. The molecule has 9 nitrogen and oxygen atoms in total. The van der Waals surface area contributed by atoms with E-state index in [1.54, 1.807) is 30.3 Å². The molecule has 10 heteroatoms. The van der Waals surface area contributed by atoms with E-state index in [0.29, 0.717) is 23.5 Å². The van der Waals surface area contributed by atoms with Gasteiger partial charge in [0.2, 0.25) is 0 Å².